The second kappa shape index (κ2) is 5.47. The van der Waals surface area contributed by atoms with Gasteiger partial charge in [-0.05, 0) is 32.0 Å². The molecule has 17 heavy (non-hydrogen) atoms. The minimum atomic E-state index is -0.316. The summed E-state index contributed by atoms with van der Waals surface area (Å²) in [6.45, 7) is 1.93. The lowest BCUT2D eigenvalue weighted by atomic mass is 10.1. The Bertz CT molecular complexity index is 403. The quantitative estimate of drug-likeness (QED) is 0.598. The Morgan fingerprint density at radius 3 is 2.88 bits per heavy atom. The van der Waals surface area contributed by atoms with Gasteiger partial charge < -0.3 is 9.64 Å². The third-order valence-electron chi connectivity index (χ3n) is 2.90. The molecule has 0 bridgehead atoms. The number of nitrogens with zero attached hydrogens (tertiary/aromatic N) is 2. The normalized spacial score (nSPS) is 18.0. The predicted molar refractivity (Wildman–Crippen MR) is 65.2 cm³/mol. The molecule has 0 unspecified atom stereocenters. The lowest BCUT2D eigenvalue weighted by Crippen LogP contribution is -2.35. The molecule has 1 aliphatic rings. The van der Waals surface area contributed by atoms with Crippen LogP contribution in [0.2, 0.25) is 5.15 Å². The number of pyridine rings is 1. The Morgan fingerprint density at radius 1 is 1.53 bits per heavy atom. The predicted octanol–water partition coefficient (Wildman–Crippen LogP) is 1.99. The van der Waals surface area contributed by atoms with Crippen LogP contribution in [-0.4, -0.2) is 42.1 Å². The fraction of sp³-hybridized carbons (Fsp3) is 0.500. The molecular formula is C12H15ClN2O2. The average molecular weight is 255 g/mol. The fourth-order valence-electron chi connectivity index (χ4n) is 1.85. The van der Waals surface area contributed by atoms with E-state index in [1.165, 1.54) is 12.3 Å². The van der Waals surface area contributed by atoms with Crippen LogP contribution < -0.4 is 0 Å². The van der Waals surface area contributed by atoms with Gasteiger partial charge in [-0.25, -0.2) is 9.78 Å². The fourth-order valence-corrected chi connectivity index (χ4v) is 2.03. The molecule has 2 rings (SSSR count). The van der Waals surface area contributed by atoms with Crippen LogP contribution in [0.25, 0.3) is 0 Å². The lowest BCUT2D eigenvalue weighted by molar-refractivity contribution is 0.0139. The van der Waals surface area contributed by atoms with Crippen molar-refractivity contribution in [2.45, 2.75) is 18.9 Å². The van der Waals surface area contributed by atoms with Gasteiger partial charge in [0.2, 0.25) is 0 Å². The number of hydrogen-bond donors (Lipinski definition) is 0. The molecule has 0 aliphatic carbocycles. The third-order valence-corrected chi connectivity index (χ3v) is 3.11. The number of likely N-dealkylation sites (tertiary alicyclic amines) is 1. The van der Waals surface area contributed by atoms with E-state index in [4.69, 9.17) is 16.3 Å². The van der Waals surface area contributed by atoms with Crippen LogP contribution >= 0.6 is 11.6 Å². The zero-order chi connectivity index (χ0) is 12.3. The number of ether oxygens (including phenoxy) is 1. The Kier molecular flexibility index (Phi) is 3.97. The molecule has 4 nitrogen and oxygen atoms in total. The summed E-state index contributed by atoms with van der Waals surface area (Å²) in [7, 11) is 2.07. The highest BCUT2D eigenvalue weighted by Gasteiger charge is 2.21. The summed E-state index contributed by atoms with van der Waals surface area (Å²) in [4.78, 5) is 17.9. The van der Waals surface area contributed by atoms with Crippen molar-refractivity contribution in [2.75, 3.05) is 20.1 Å². The first-order valence-corrected chi connectivity index (χ1v) is 6.04. The van der Waals surface area contributed by atoms with Crippen LogP contribution in [0, 0.1) is 0 Å². The first-order chi connectivity index (χ1) is 8.15. The molecule has 0 spiro atoms. The molecule has 1 aromatic rings. The van der Waals surface area contributed by atoms with E-state index >= 15 is 0 Å². The molecule has 0 amide bonds. The van der Waals surface area contributed by atoms with Crippen molar-refractivity contribution in [3.05, 3.63) is 29.0 Å². The van der Waals surface area contributed by atoms with E-state index in [1.54, 1.807) is 6.07 Å². The van der Waals surface area contributed by atoms with Gasteiger partial charge in [0.25, 0.3) is 0 Å². The van der Waals surface area contributed by atoms with E-state index < -0.39 is 0 Å². The summed E-state index contributed by atoms with van der Waals surface area (Å²) in [5.74, 6) is -0.316. The van der Waals surface area contributed by atoms with E-state index in [2.05, 4.69) is 16.9 Å². The summed E-state index contributed by atoms with van der Waals surface area (Å²) in [6.07, 6.45) is 3.31. The van der Waals surface area contributed by atoms with Crippen LogP contribution in [0.4, 0.5) is 0 Å². The van der Waals surface area contributed by atoms with Crippen LogP contribution in [-0.2, 0) is 4.74 Å². The maximum atomic E-state index is 11.8. The van der Waals surface area contributed by atoms with Gasteiger partial charge in [-0.2, -0.15) is 0 Å². The number of hydrogen-bond acceptors (Lipinski definition) is 4. The molecule has 0 radical (unpaired) electrons. The first-order valence-electron chi connectivity index (χ1n) is 5.66. The molecule has 0 saturated carbocycles. The number of rotatable bonds is 2. The van der Waals surface area contributed by atoms with E-state index in [-0.39, 0.29) is 12.1 Å². The standard InChI is InChI=1S/C12H15ClN2O2/c1-15-6-3-10(4-7-15)17-12(16)9-2-5-14-11(13)8-9/h2,5,8,10H,3-4,6-7H2,1H3. The summed E-state index contributed by atoms with van der Waals surface area (Å²) >= 11 is 5.73. The monoisotopic (exact) mass is 254 g/mol. The minimum absolute atomic E-state index is 0.0191. The highest BCUT2D eigenvalue weighted by atomic mass is 35.5. The van der Waals surface area contributed by atoms with Crippen molar-refractivity contribution < 1.29 is 9.53 Å². The van der Waals surface area contributed by atoms with E-state index in [9.17, 15) is 4.79 Å². The number of carbonyl (C=O) groups excluding carboxylic acids is 1. The molecular weight excluding hydrogens is 240 g/mol. The van der Waals surface area contributed by atoms with Crippen LogP contribution in [0.1, 0.15) is 23.2 Å². The van der Waals surface area contributed by atoms with Gasteiger partial charge in [0.05, 0.1) is 5.56 Å². The third kappa shape index (κ3) is 3.41. The van der Waals surface area contributed by atoms with Crippen LogP contribution in [0.5, 0.6) is 0 Å². The average Bonchev–Trinajstić information content (AvgIpc) is 2.32. The van der Waals surface area contributed by atoms with Gasteiger partial charge in [0.15, 0.2) is 0 Å². The second-order valence-corrected chi connectivity index (χ2v) is 4.66. The number of carbonyl (C=O) groups is 1. The van der Waals surface area contributed by atoms with E-state index in [1.807, 2.05) is 0 Å². The lowest BCUT2D eigenvalue weighted by Gasteiger charge is -2.28. The SMILES string of the molecule is CN1CCC(OC(=O)c2ccnc(Cl)c2)CC1. The van der Waals surface area contributed by atoms with Gasteiger partial charge in [-0.15, -0.1) is 0 Å². The summed E-state index contributed by atoms with van der Waals surface area (Å²) in [6, 6.07) is 3.14. The van der Waals surface area contributed by atoms with Crippen LogP contribution in [0.15, 0.2) is 18.3 Å². The molecule has 1 fully saturated rings. The molecule has 0 atom stereocenters. The number of aromatic nitrogens is 1. The molecule has 92 valence electrons. The molecule has 0 aromatic carbocycles. The summed E-state index contributed by atoms with van der Waals surface area (Å²) < 4.78 is 5.43. The zero-order valence-corrected chi connectivity index (χ0v) is 10.5. The molecule has 2 heterocycles. The van der Waals surface area contributed by atoms with Gasteiger partial charge >= 0.3 is 5.97 Å². The maximum absolute atomic E-state index is 11.8. The van der Waals surface area contributed by atoms with E-state index in [0.717, 1.165) is 25.9 Å². The highest BCUT2D eigenvalue weighted by molar-refractivity contribution is 6.29. The molecule has 1 aromatic heterocycles. The number of piperidine rings is 1. The highest BCUT2D eigenvalue weighted by Crippen LogP contribution is 2.15. The maximum Gasteiger partial charge on any atom is 0.338 e. The smallest absolute Gasteiger partial charge is 0.338 e. The Balaban J connectivity index is 1.93. The van der Waals surface area contributed by atoms with Crippen molar-refractivity contribution >= 4 is 17.6 Å². The van der Waals surface area contributed by atoms with Gasteiger partial charge in [-0.1, -0.05) is 11.6 Å². The van der Waals surface area contributed by atoms with Gasteiger partial charge in [-0.3, -0.25) is 0 Å². The van der Waals surface area contributed by atoms with Gasteiger partial charge in [0.1, 0.15) is 11.3 Å². The minimum Gasteiger partial charge on any atom is -0.459 e. The van der Waals surface area contributed by atoms with E-state index in [0.29, 0.717) is 10.7 Å². The second-order valence-electron chi connectivity index (χ2n) is 4.28. The van der Waals surface area contributed by atoms with Gasteiger partial charge in [0, 0.05) is 19.3 Å². The summed E-state index contributed by atoms with van der Waals surface area (Å²) in [5.41, 5.74) is 0.462. The molecule has 5 heteroatoms. The zero-order valence-electron chi connectivity index (χ0n) is 9.73. The Hall–Kier alpha value is -1.13. The Morgan fingerprint density at radius 2 is 2.24 bits per heavy atom. The molecule has 1 aliphatic heterocycles. The molecule has 0 N–H and O–H groups in total. The number of esters is 1. The largest absolute Gasteiger partial charge is 0.459 e. The van der Waals surface area contributed by atoms with Crippen molar-refractivity contribution in [2.24, 2.45) is 0 Å². The van der Waals surface area contributed by atoms with Crippen LogP contribution in [0.3, 0.4) is 0 Å². The van der Waals surface area contributed by atoms with Crippen molar-refractivity contribution in [1.29, 1.82) is 0 Å². The Labute approximate surface area is 106 Å². The van der Waals surface area contributed by atoms with Crippen molar-refractivity contribution in [3.63, 3.8) is 0 Å². The first kappa shape index (κ1) is 12.3. The summed E-state index contributed by atoms with van der Waals surface area (Å²) in [5, 5.41) is 0.308. The van der Waals surface area contributed by atoms with Crippen molar-refractivity contribution in [3.8, 4) is 0 Å². The number of halogens is 1. The topological polar surface area (TPSA) is 42.4 Å². The molecule has 1 saturated heterocycles. The van der Waals surface area contributed by atoms with Crippen molar-refractivity contribution in [1.82, 2.24) is 9.88 Å².